The number of rotatable bonds is 1. The second-order valence-electron chi connectivity index (χ2n) is 3.48. The Hall–Kier alpha value is -1.81. The van der Waals surface area contributed by atoms with Crippen LogP contribution in [0.3, 0.4) is 0 Å². The number of nitrogens with zero attached hydrogens (tertiary/aromatic N) is 1. The van der Waals surface area contributed by atoms with Crippen molar-refractivity contribution in [1.29, 1.82) is 0 Å². The summed E-state index contributed by atoms with van der Waals surface area (Å²) < 4.78 is 7.91. The Labute approximate surface area is 95.5 Å². The Morgan fingerprint density at radius 1 is 1.25 bits per heavy atom. The Bertz CT molecular complexity index is 727. The molecule has 0 unspecified atom stereocenters. The van der Waals surface area contributed by atoms with Crippen LogP contribution in [-0.4, -0.2) is 11.5 Å². The molecule has 4 heteroatoms. The van der Waals surface area contributed by atoms with Crippen LogP contribution in [0.2, 0.25) is 0 Å². The van der Waals surface area contributed by atoms with E-state index in [0.29, 0.717) is 5.75 Å². The number of hydrogen-bond donors (Lipinski definition) is 0. The van der Waals surface area contributed by atoms with Crippen LogP contribution in [0.4, 0.5) is 0 Å². The molecular formula is C12H9NO2S. The van der Waals surface area contributed by atoms with Crippen molar-refractivity contribution in [3.63, 3.8) is 0 Å². The SMILES string of the molecule is COc1cc(=O)n2c(c1)sc1ccccc12. The van der Waals surface area contributed by atoms with Gasteiger partial charge in [0.1, 0.15) is 10.6 Å². The number of thiazole rings is 1. The van der Waals surface area contributed by atoms with E-state index >= 15 is 0 Å². The van der Waals surface area contributed by atoms with E-state index in [-0.39, 0.29) is 5.56 Å². The number of pyridine rings is 1. The third kappa shape index (κ3) is 1.23. The van der Waals surface area contributed by atoms with Gasteiger partial charge >= 0.3 is 0 Å². The van der Waals surface area contributed by atoms with E-state index in [1.54, 1.807) is 22.8 Å². The molecule has 2 heterocycles. The van der Waals surface area contributed by atoms with Gasteiger partial charge in [0.15, 0.2) is 0 Å². The van der Waals surface area contributed by atoms with Gasteiger partial charge in [-0.05, 0) is 12.1 Å². The van der Waals surface area contributed by atoms with Gasteiger partial charge in [-0.1, -0.05) is 12.1 Å². The maximum absolute atomic E-state index is 11.9. The van der Waals surface area contributed by atoms with Gasteiger partial charge in [0.25, 0.3) is 5.56 Å². The number of aromatic nitrogens is 1. The van der Waals surface area contributed by atoms with E-state index < -0.39 is 0 Å². The second kappa shape index (κ2) is 3.35. The van der Waals surface area contributed by atoms with Gasteiger partial charge in [0.05, 0.1) is 17.3 Å². The molecule has 0 aliphatic rings. The Morgan fingerprint density at radius 2 is 2.06 bits per heavy atom. The van der Waals surface area contributed by atoms with E-state index in [2.05, 4.69) is 0 Å². The molecule has 0 radical (unpaired) electrons. The predicted molar refractivity (Wildman–Crippen MR) is 65.6 cm³/mol. The first-order valence-corrected chi connectivity index (χ1v) is 5.69. The highest BCUT2D eigenvalue weighted by atomic mass is 32.1. The van der Waals surface area contributed by atoms with Crippen LogP contribution in [0.5, 0.6) is 5.75 Å². The first kappa shape index (κ1) is 9.42. The molecule has 3 aromatic rings. The predicted octanol–water partition coefficient (Wildman–Crippen LogP) is 2.52. The molecule has 0 aliphatic carbocycles. The average Bonchev–Trinajstić information content (AvgIpc) is 2.67. The van der Waals surface area contributed by atoms with Crippen molar-refractivity contribution in [3.8, 4) is 5.75 Å². The topological polar surface area (TPSA) is 30.7 Å². The van der Waals surface area contributed by atoms with Crippen molar-refractivity contribution in [2.45, 2.75) is 0 Å². The van der Waals surface area contributed by atoms with Crippen molar-refractivity contribution >= 4 is 26.4 Å². The molecule has 0 atom stereocenters. The molecule has 2 aromatic heterocycles. The van der Waals surface area contributed by atoms with Crippen molar-refractivity contribution < 1.29 is 4.74 Å². The minimum atomic E-state index is -0.0493. The molecule has 0 bridgehead atoms. The zero-order chi connectivity index (χ0) is 11.1. The zero-order valence-corrected chi connectivity index (χ0v) is 9.45. The number of fused-ring (bicyclic) bond motifs is 3. The van der Waals surface area contributed by atoms with Gasteiger partial charge in [0, 0.05) is 12.1 Å². The molecule has 0 fully saturated rings. The largest absolute Gasteiger partial charge is 0.496 e. The molecule has 16 heavy (non-hydrogen) atoms. The van der Waals surface area contributed by atoms with Crippen LogP contribution >= 0.6 is 11.3 Å². The minimum Gasteiger partial charge on any atom is -0.496 e. The molecule has 80 valence electrons. The highest BCUT2D eigenvalue weighted by Crippen LogP contribution is 2.26. The highest BCUT2D eigenvalue weighted by molar-refractivity contribution is 7.23. The summed E-state index contributed by atoms with van der Waals surface area (Å²) in [5.41, 5.74) is 0.905. The summed E-state index contributed by atoms with van der Waals surface area (Å²) >= 11 is 1.59. The van der Waals surface area contributed by atoms with E-state index in [9.17, 15) is 4.79 Å². The molecular weight excluding hydrogens is 222 g/mol. The first-order chi connectivity index (χ1) is 7.79. The van der Waals surface area contributed by atoms with Gasteiger partial charge in [0.2, 0.25) is 0 Å². The molecule has 3 rings (SSSR count). The van der Waals surface area contributed by atoms with Crippen molar-refractivity contribution in [1.82, 2.24) is 4.40 Å². The Morgan fingerprint density at radius 3 is 2.88 bits per heavy atom. The summed E-state index contributed by atoms with van der Waals surface area (Å²) in [4.78, 5) is 12.8. The Balaban J connectivity index is 2.55. The smallest absolute Gasteiger partial charge is 0.259 e. The quantitative estimate of drug-likeness (QED) is 0.644. The van der Waals surface area contributed by atoms with E-state index in [1.165, 1.54) is 6.07 Å². The standard InChI is InChI=1S/C12H9NO2S/c1-15-8-6-11(14)13-9-4-2-3-5-10(9)16-12(13)7-8/h2-7H,1H3. The number of benzene rings is 1. The van der Waals surface area contributed by atoms with Crippen LogP contribution in [-0.2, 0) is 0 Å². The first-order valence-electron chi connectivity index (χ1n) is 4.88. The van der Waals surface area contributed by atoms with E-state index in [4.69, 9.17) is 4.74 Å². The van der Waals surface area contributed by atoms with Crippen LogP contribution in [0.15, 0.2) is 41.2 Å². The van der Waals surface area contributed by atoms with Crippen molar-refractivity contribution in [3.05, 3.63) is 46.8 Å². The lowest BCUT2D eigenvalue weighted by molar-refractivity contribution is 0.414. The lowest BCUT2D eigenvalue weighted by atomic mass is 10.3. The Kier molecular flexibility index (Phi) is 1.97. The maximum atomic E-state index is 11.9. The minimum absolute atomic E-state index is 0.0493. The van der Waals surface area contributed by atoms with Crippen LogP contribution in [0, 0.1) is 0 Å². The molecule has 1 aromatic carbocycles. The fraction of sp³-hybridized carbons (Fsp3) is 0.0833. The third-order valence-corrected chi connectivity index (χ3v) is 3.60. The third-order valence-electron chi connectivity index (χ3n) is 2.53. The van der Waals surface area contributed by atoms with Crippen molar-refractivity contribution in [2.75, 3.05) is 7.11 Å². The summed E-state index contributed by atoms with van der Waals surface area (Å²) in [6.45, 7) is 0. The molecule has 0 saturated carbocycles. The number of methoxy groups -OCH3 is 1. The maximum Gasteiger partial charge on any atom is 0.259 e. The highest BCUT2D eigenvalue weighted by Gasteiger charge is 2.07. The van der Waals surface area contributed by atoms with Crippen molar-refractivity contribution in [2.24, 2.45) is 0 Å². The van der Waals surface area contributed by atoms with E-state index in [0.717, 1.165) is 15.0 Å². The van der Waals surface area contributed by atoms with E-state index in [1.807, 2.05) is 30.3 Å². The van der Waals surface area contributed by atoms with Gasteiger partial charge in [-0.2, -0.15) is 0 Å². The van der Waals surface area contributed by atoms with Gasteiger partial charge in [-0.15, -0.1) is 11.3 Å². The summed E-state index contributed by atoms with van der Waals surface area (Å²) in [5.74, 6) is 0.608. The number of hydrogen-bond acceptors (Lipinski definition) is 3. The summed E-state index contributed by atoms with van der Waals surface area (Å²) in [6, 6.07) is 11.3. The number of para-hydroxylation sites is 1. The fourth-order valence-corrected chi connectivity index (χ4v) is 2.88. The zero-order valence-electron chi connectivity index (χ0n) is 8.64. The molecule has 3 nitrogen and oxygen atoms in total. The molecule has 0 spiro atoms. The average molecular weight is 231 g/mol. The molecule has 0 amide bonds. The second-order valence-corrected chi connectivity index (χ2v) is 4.54. The summed E-state index contributed by atoms with van der Waals surface area (Å²) in [7, 11) is 1.57. The monoisotopic (exact) mass is 231 g/mol. The lowest BCUT2D eigenvalue weighted by Crippen LogP contribution is -2.10. The fourth-order valence-electron chi connectivity index (χ4n) is 1.79. The molecule has 0 aliphatic heterocycles. The van der Waals surface area contributed by atoms with Gasteiger partial charge in [-0.25, -0.2) is 0 Å². The number of ether oxygens (including phenoxy) is 1. The molecule has 0 N–H and O–H groups in total. The molecule has 0 saturated heterocycles. The normalized spacial score (nSPS) is 11.1. The van der Waals surface area contributed by atoms with Gasteiger partial charge in [-0.3, -0.25) is 9.20 Å². The van der Waals surface area contributed by atoms with Gasteiger partial charge < -0.3 is 4.74 Å². The van der Waals surface area contributed by atoms with Crippen LogP contribution in [0.1, 0.15) is 0 Å². The summed E-state index contributed by atoms with van der Waals surface area (Å²) in [5, 5.41) is 0. The summed E-state index contributed by atoms with van der Waals surface area (Å²) in [6.07, 6.45) is 0. The lowest BCUT2D eigenvalue weighted by Gasteiger charge is -1.99. The van der Waals surface area contributed by atoms with Crippen LogP contribution < -0.4 is 10.3 Å². The van der Waals surface area contributed by atoms with Crippen LogP contribution in [0.25, 0.3) is 15.0 Å².